The molecule has 0 heterocycles. The third kappa shape index (κ3) is 5.97. The van der Waals surface area contributed by atoms with Gasteiger partial charge in [0.05, 0.1) is 18.9 Å². The fourth-order valence-corrected chi connectivity index (χ4v) is 5.08. The molecule has 1 aliphatic rings. The summed E-state index contributed by atoms with van der Waals surface area (Å²) >= 11 is 7.07. The number of phenolic OH excluding ortho intramolecular Hbond substituents is 1. The van der Waals surface area contributed by atoms with Gasteiger partial charge in [-0.15, -0.1) is 0 Å². The number of aliphatic hydroxyl groups is 1. The molecule has 4 N–H and O–H groups in total. The van der Waals surface area contributed by atoms with Gasteiger partial charge in [0.15, 0.2) is 11.5 Å². The second kappa shape index (κ2) is 10.6. The number of hydrogen-bond donors (Lipinski definition) is 4. The van der Waals surface area contributed by atoms with Gasteiger partial charge in [-0.05, 0) is 90.0 Å². The molecule has 3 rings (SSSR count). The minimum Gasteiger partial charge on any atom is -0.504 e. The highest BCUT2D eigenvalue weighted by molar-refractivity contribution is 9.11. The Morgan fingerprint density at radius 3 is 2.60 bits per heavy atom. The largest absolute Gasteiger partial charge is 0.504 e. The molecule has 30 heavy (non-hydrogen) atoms. The van der Waals surface area contributed by atoms with Crippen LogP contribution in [0.3, 0.4) is 0 Å². The zero-order valence-corrected chi connectivity index (χ0v) is 19.9. The highest BCUT2D eigenvalue weighted by Crippen LogP contribution is 2.32. The van der Waals surface area contributed by atoms with Crippen molar-refractivity contribution in [1.29, 1.82) is 0 Å². The molecule has 162 valence electrons. The van der Waals surface area contributed by atoms with Crippen LogP contribution in [0.4, 0.5) is 5.69 Å². The first kappa shape index (κ1) is 23.1. The van der Waals surface area contributed by atoms with E-state index in [4.69, 9.17) is 4.74 Å². The van der Waals surface area contributed by atoms with Gasteiger partial charge in [0.25, 0.3) is 5.91 Å². The normalized spacial score (nSPS) is 18.8. The van der Waals surface area contributed by atoms with Crippen molar-refractivity contribution >= 4 is 43.5 Å². The smallest absolute Gasteiger partial charge is 0.255 e. The molecule has 2 aromatic rings. The number of aliphatic hydroxyl groups excluding tert-OH is 1. The summed E-state index contributed by atoms with van der Waals surface area (Å²) in [7, 11) is 1.44. The number of carbonyl (C=O) groups is 1. The van der Waals surface area contributed by atoms with Crippen molar-refractivity contribution in [3.05, 3.63) is 50.4 Å². The lowest BCUT2D eigenvalue weighted by Gasteiger charge is -2.25. The van der Waals surface area contributed by atoms with E-state index in [1.165, 1.54) is 19.2 Å². The van der Waals surface area contributed by atoms with Crippen LogP contribution in [0.5, 0.6) is 11.5 Å². The summed E-state index contributed by atoms with van der Waals surface area (Å²) < 4.78 is 6.78. The van der Waals surface area contributed by atoms with Gasteiger partial charge in [-0.1, -0.05) is 15.9 Å². The number of rotatable bonds is 7. The van der Waals surface area contributed by atoms with Gasteiger partial charge < -0.3 is 25.6 Å². The fourth-order valence-electron chi connectivity index (χ4n) is 3.67. The summed E-state index contributed by atoms with van der Waals surface area (Å²) in [6.45, 7) is 1.48. The summed E-state index contributed by atoms with van der Waals surface area (Å²) in [5.74, 6) is 0.501. The number of methoxy groups -OCH3 is 1. The average Bonchev–Trinajstić information content (AvgIpc) is 2.72. The molecule has 8 heteroatoms. The van der Waals surface area contributed by atoms with Crippen LogP contribution in [0.15, 0.2) is 39.3 Å². The van der Waals surface area contributed by atoms with E-state index < -0.39 is 0 Å². The number of amides is 1. The third-order valence-corrected chi connectivity index (χ3v) is 6.47. The molecule has 1 saturated carbocycles. The van der Waals surface area contributed by atoms with E-state index in [1.54, 1.807) is 6.07 Å². The van der Waals surface area contributed by atoms with Crippen molar-refractivity contribution in [1.82, 2.24) is 5.32 Å². The molecule has 0 unspecified atom stereocenters. The Balaban J connectivity index is 1.70. The van der Waals surface area contributed by atoms with Crippen LogP contribution in [0, 0.1) is 5.92 Å². The number of nitrogens with one attached hydrogen (secondary N) is 2. The molecule has 6 nitrogen and oxygen atoms in total. The van der Waals surface area contributed by atoms with E-state index in [1.807, 2.05) is 12.1 Å². The van der Waals surface area contributed by atoms with Gasteiger partial charge in [0.1, 0.15) is 0 Å². The topological polar surface area (TPSA) is 90.8 Å². The van der Waals surface area contributed by atoms with Crippen molar-refractivity contribution in [3.8, 4) is 11.5 Å². The quantitative estimate of drug-likeness (QED) is 0.403. The van der Waals surface area contributed by atoms with Crippen LogP contribution in [-0.4, -0.2) is 35.9 Å². The number of aromatic hydroxyl groups is 1. The van der Waals surface area contributed by atoms with Gasteiger partial charge in [-0.3, -0.25) is 4.79 Å². The maximum atomic E-state index is 12.8. The molecular weight excluding hydrogens is 516 g/mol. The molecule has 2 aromatic carbocycles. The van der Waals surface area contributed by atoms with E-state index in [9.17, 15) is 15.0 Å². The van der Waals surface area contributed by atoms with Crippen LogP contribution in [0.2, 0.25) is 0 Å². The molecule has 1 amide bonds. The number of phenols is 1. The number of carbonyl (C=O) groups excluding carboxylic acids is 1. The first-order valence-electron chi connectivity index (χ1n) is 9.92. The molecular formula is C22H26Br2N2O4. The Labute approximate surface area is 193 Å². The highest BCUT2D eigenvalue weighted by atomic mass is 79.9. The molecule has 0 radical (unpaired) electrons. The minimum atomic E-state index is -0.293. The Morgan fingerprint density at radius 1 is 1.17 bits per heavy atom. The van der Waals surface area contributed by atoms with E-state index in [0.717, 1.165) is 46.7 Å². The van der Waals surface area contributed by atoms with E-state index in [0.29, 0.717) is 23.7 Å². The van der Waals surface area contributed by atoms with Crippen LogP contribution in [-0.2, 0) is 6.54 Å². The number of halogens is 2. The Hall–Kier alpha value is -1.61. The molecule has 0 spiro atoms. The molecule has 0 atom stereocenters. The van der Waals surface area contributed by atoms with Crippen LogP contribution < -0.4 is 15.4 Å². The Bertz CT molecular complexity index is 899. The van der Waals surface area contributed by atoms with E-state index in [2.05, 4.69) is 42.5 Å². The fraction of sp³-hybridized carbons (Fsp3) is 0.409. The second-order valence-electron chi connectivity index (χ2n) is 7.57. The van der Waals surface area contributed by atoms with Crippen LogP contribution in [0.1, 0.15) is 41.6 Å². The van der Waals surface area contributed by atoms with Crippen LogP contribution >= 0.6 is 31.9 Å². The lowest BCUT2D eigenvalue weighted by atomic mass is 9.87. The summed E-state index contributed by atoms with van der Waals surface area (Å²) in [5.41, 5.74) is 2.03. The number of hydrogen-bond acceptors (Lipinski definition) is 5. The number of benzene rings is 2. The SMILES string of the molecule is COc1cc(C(=O)Nc2c(Br)cc(Br)cc2CNCC2CCC(O)CC2)ccc1O. The first-order chi connectivity index (χ1) is 14.4. The Kier molecular flexibility index (Phi) is 8.16. The molecule has 0 aromatic heterocycles. The zero-order valence-electron chi connectivity index (χ0n) is 16.8. The first-order valence-corrected chi connectivity index (χ1v) is 11.5. The summed E-state index contributed by atoms with van der Waals surface area (Å²) in [6.07, 6.45) is 3.64. The number of ether oxygens (including phenoxy) is 1. The monoisotopic (exact) mass is 540 g/mol. The van der Waals surface area contributed by atoms with Crippen molar-refractivity contribution in [2.45, 2.75) is 38.3 Å². The van der Waals surface area contributed by atoms with Crippen molar-refractivity contribution in [3.63, 3.8) is 0 Å². The molecule has 0 aliphatic heterocycles. The van der Waals surface area contributed by atoms with Gasteiger partial charge in [0, 0.05) is 21.1 Å². The summed E-state index contributed by atoms with van der Waals surface area (Å²) in [6, 6.07) is 8.37. The minimum absolute atomic E-state index is 0.0148. The van der Waals surface area contributed by atoms with Crippen molar-refractivity contribution < 1.29 is 19.7 Å². The standard InChI is InChI=1S/C22H26Br2N2O4/c1-30-20-9-14(4-7-19(20)28)22(29)26-21-15(8-16(23)10-18(21)24)12-25-11-13-2-5-17(27)6-3-13/h4,7-10,13,17,25,27-28H,2-3,5-6,11-12H2,1H3,(H,26,29). The van der Waals surface area contributed by atoms with Crippen molar-refractivity contribution in [2.75, 3.05) is 19.0 Å². The van der Waals surface area contributed by atoms with Gasteiger partial charge in [-0.2, -0.15) is 0 Å². The lowest BCUT2D eigenvalue weighted by molar-refractivity contribution is 0.102. The maximum Gasteiger partial charge on any atom is 0.255 e. The van der Waals surface area contributed by atoms with E-state index in [-0.39, 0.29) is 23.5 Å². The summed E-state index contributed by atoms with van der Waals surface area (Å²) in [4.78, 5) is 12.8. The second-order valence-corrected chi connectivity index (χ2v) is 9.34. The molecule has 0 saturated heterocycles. The number of anilines is 1. The average molecular weight is 542 g/mol. The predicted molar refractivity (Wildman–Crippen MR) is 124 cm³/mol. The van der Waals surface area contributed by atoms with E-state index >= 15 is 0 Å². The highest BCUT2D eigenvalue weighted by Gasteiger charge is 2.20. The zero-order chi connectivity index (χ0) is 21.7. The van der Waals surface area contributed by atoms with Crippen molar-refractivity contribution in [2.24, 2.45) is 5.92 Å². The van der Waals surface area contributed by atoms with Gasteiger partial charge >= 0.3 is 0 Å². The van der Waals surface area contributed by atoms with Gasteiger partial charge in [-0.25, -0.2) is 0 Å². The van der Waals surface area contributed by atoms with Crippen LogP contribution in [0.25, 0.3) is 0 Å². The molecule has 1 fully saturated rings. The molecule has 1 aliphatic carbocycles. The summed E-state index contributed by atoms with van der Waals surface area (Å²) in [5, 5.41) is 25.9. The Morgan fingerprint density at radius 2 is 1.90 bits per heavy atom. The maximum absolute atomic E-state index is 12.8. The third-order valence-electron chi connectivity index (χ3n) is 5.38. The molecule has 0 bridgehead atoms. The lowest BCUT2D eigenvalue weighted by Crippen LogP contribution is -2.28. The van der Waals surface area contributed by atoms with Gasteiger partial charge in [0.2, 0.25) is 0 Å². The predicted octanol–water partition coefficient (Wildman–Crippen LogP) is 4.82.